The molecular formula is C17H21N3O. The maximum absolute atomic E-state index is 6.49. The quantitative estimate of drug-likeness (QED) is 0.920. The van der Waals surface area contributed by atoms with Crippen molar-refractivity contribution in [3.05, 3.63) is 47.1 Å². The summed E-state index contributed by atoms with van der Waals surface area (Å²) in [6, 6.07) is 8.57. The molecule has 0 amide bonds. The fourth-order valence-electron chi connectivity index (χ4n) is 3.74. The Morgan fingerprint density at radius 3 is 2.38 bits per heavy atom. The van der Waals surface area contributed by atoms with Gasteiger partial charge in [-0.05, 0) is 36.8 Å². The van der Waals surface area contributed by atoms with E-state index in [2.05, 4.69) is 34.4 Å². The zero-order valence-electron chi connectivity index (χ0n) is 12.2. The van der Waals surface area contributed by atoms with Crippen molar-refractivity contribution in [1.82, 2.24) is 10.1 Å². The second-order valence-corrected chi connectivity index (χ2v) is 6.55. The molecule has 0 atom stereocenters. The third-order valence-electron chi connectivity index (χ3n) is 5.03. The van der Waals surface area contributed by atoms with Gasteiger partial charge in [-0.1, -0.05) is 48.7 Å². The summed E-state index contributed by atoms with van der Waals surface area (Å²) in [4.78, 5) is 4.67. The number of hydrogen-bond donors (Lipinski definition) is 1. The fraction of sp³-hybridized carbons (Fsp3) is 0.529. The largest absolute Gasteiger partial charge is 0.339 e. The third kappa shape index (κ3) is 2.27. The molecule has 1 heterocycles. The second-order valence-electron chi connectivity index (χ2n) is 6.55. The monoisotopic (exact) mass is 283 g/mol. The minimum Gasteiger partial charge on any atom is -0.339 e. The Kier molecular flexibility index (Phi) is 3.07. The summed E-state index contributed by atoms with van der Waals surface area (Å²) >= 11 is 0. The lowest BCUT2D eigenvalue weighted by molar-refractivity contribution is 0.272. The van der Waals surface area contributed by atoms with Crippen LogP contribution in [-0.2, 0) is 18.4 Å². The molecular weight excluding hydrogens is 262 g/mol. The first-order chi connectivity index (χ1) is 10.2. The van der Waals surface area contributed by atoms with Crippen LogP contribution in [0.25, 0.3) is 0 Å². The lowest BCUT2D eigenvalue weighted by atomic mass is 9.82. The number of benzene rings is 1. The Hall–Kier alpha value is -1.68. The van der Waals surface area contributed by atoms with E-state index in [4.69, 9.17) is 10.3 Å². The SMILES string of the molecule is NC1(c2noc(C3Cc4ccccc4C3)n2)CCCCC1. The molecule has 2 aliphatic carbocycles. The number of nitrogens with two attached hydrogens (primary N) is 1. The van der Waals surface area contributed by atoms with Crippen LogP contribution >= 0.6 is 0 Å². The molecule has 0 spiro atoms. The van der Waals surface area contributed by atoms with Crippen LogP contribution in [0.15, 0.2) is 28.8 Å². The molecule has 0 unspecified atom stereocenters. The highest BCUT2D eigenvalue weighted by Gasteiger charge is 2.36. The van der Waals surface area contributed by atoms with Gasteiger partial charge in [-0.3, -0.25) is 0 Å². The molecule has 0 radical (unpaired) electrons. The number of fused-ring (bicyclic) bond motifs is 1. The van der Waals surface area contributed by atoms with Crippen LogP contribution in [0, 0.1) is 0 Å². The van der Waals surface area contributed by atoms with Gasteiger partial charge in [0.15, 0.2) is 5.82 Å². The summed E-state index contributed by atoms with van der Waals surface area (Å²) in [5, 5.41) is 4.21. The van der Waals surface area contributed by atoms with E-state index in [1.165, 1.54) is 17.5 Å². The standard InChI is InChI=1S/C17H21N3O/c18-17(8-4-1-5-9-17)16-19-15(21-20-16)14-10-12-6-2-3-7-13(12)11-14/h2-3,6-7,14H,1,4-5,8-11,18H2. The van der Waals surface area contributed by atoms with E-state index in [-0.39, 0.29) is 5.54 Å². The average Bonchev–Trinajstić information content (AvgIpc) is 3.15. The summed E-state index contributed by atoms with van der Waals surface area (Å²) in [6.07, 6.45) is 7.52. The van der Waals surface area contributed by atoms with E-state index in [1.807, 2.05) is 0 Å². The van der Waals surface area contributed by atoms with Gasteiger partial charge in [0.25, 0.3) is 0 Å². The smallest absolute Gasteiger partial charge is 0.230 e. The normalized spacial score (nSPS) is 21.4. The van der Waals surface area contributed by atoms with Crippen LogP contribution in [0.1, 0.15) is 60.9 Å². The molecule has 1 aromatic heterocycles. The minimum atomic E-state index is -0.370. The maximum atomic E-state index is 6.49. The van der Waals surface area contributed by atoms with E-state index in [1.54, 1.807) is 0 Å². The molecule has 2 aromatic rings. The molecule has 0 aliphatic heterocycles. The highest BCUT2D eigenvalue weighted by atomic mass is 16.5. The Morgan fingerprint density at radius 2 is 1.71 bits per heavy atom. The Morgan fingerprint density at radius 1 is 1.05 bits per heavy atom. The second kappa shape index (κ2) is 4.95. The molecule has 1 saturated carbocycles. The van der Waals surface area contributed by atoms with E-state index >= 15 is 0 Å². The Balaban J connectivity index is 1.56. The fourth-order valence-corrected chi connectivity index (χ4v) is 3.74. The highest BCUT2D eigenvalue weighted by Crippen LogP contribution is 2.36. The number of aromatic nitrogens is 2. The average molecular weight is 283 g/mol. The molecule has 4 rings (SSSR count). The maximum Gasteiger partial charge on any atom is 0.230 e. The summed E-state index contributed by atoms with van der Waals surface area (Å²) in [7, 11) is 0. The summed E-state index contributed by atoms with van der Waals surface area (Å²) in [5.74, 6) is 1.79. The Labute approximate surface area is 124 Å². The van der Waals surface area contributed by atoms with Crippen LogP contribution in [0.4, 0.5) is 0 Å². The molecule has 4 nitrogen and oxygen atoms in total. The molecule has 2 aliphatic rings. The molecule has 0 bridgehead atoms. The number of nitrogens with zero attached hydrogens (tertiary/aromatic N) is 2. The first kappa shape index (κ1) is 13.0. The number of hydrogen-bond acceptors (Lipinski definition) is 4. The van der Waals surface area contributed by atoms with Gasteiger partial charge in [-0.15, -0.1) is 0 Å². The van der Waals surface area contributed by atoms with Crippen LogP contribution < -0.4 is 5.73 Å². The van der Waals surface area contributed by atoms with Crippen molar-refractivity contribution in [3.8, 4) is 0 Å². The third-order valence-corrected chi connectivity index (χ3v) is 5.03. The number of rotatable bonds is 2. The van der Waals surface area contributed by atoms with E-state index < -0.39 is 0 Å². The van der Waals surface area contributed by atoms with Crippen molar-refractivity contribution in [2.24, 2.45) is 5.73 Å². The van der Waals surface area contributed by atoms with Gasteiger partial charge in [-0.25, -0.2) is 0 Å². The van der Waals surface area contributed by atoms with Crippen molar-refractivity contribution in [1.29, 1.82) is 0 Å². The van der Waals surface area contributed by atoms with E-state index in [9.17, 15) is 0 Å². The minimum absolute atomic E-state index is 0.316. The van der Waals surface area contributed by atoms with Crippen LogP contribution in [0.5, 0.6) is 0 Å². The van der Waals surface area contributed by atoms with Gasteiger partial charge >= 0.3 is 0 Å². The lowest BCUT2D eigenvalue weighted by Crippen LogP contribution is -2.39. The van der Waals surface area contributed by atoms with Gasteiger partial charge in [0.05, 0.1) is 5.54 Å². The predicted molar refractivity (Wildman–Crippen MR) is 79.8 cm³/mol. The van der Waals surface area contributed by atoms with Crippen molar-refractivity contribution >= 4 is 0 Å². The molecule has 21 heavy (non-hydrogen) atoms. The molecule has 1 aromatic carbocycles. The molecule has 0 saturated heterocycles. The summed E-state index contributed by atoms with van der Waals surface area (Å²) in [5.41, 5.74) is 8.93. The molecule has 2 N–H and O–H groups in total. The first-order valence-corrected chi connectivity index (χ1v) is 7.94. The highest BCUT2D eigenvalue weighted by molar-refractivity contribution is 5.34. The molecule has 4 heteroatoms. The van der Waals surface area contributed by atoms with Crippen LogP contribution in [-0.4, -0.2) is 10.1 Å². The predicted octanol–water partition coefficient (Wildman–Crippen LogP) is 3.07. The van der Waals surface area contributed by atoms with Crippen LogP contribution in [0.3, 0.4) is 0 Å². The van der Waals surface area contributed by atoms with Gasteiger partial charge < -0.3 is 10.3 Å². The topological polar surface area (TPSA) is 64.9 Å². The summed E-state index contributed by atoms with van der Waals surface area (Å²) in [6.45, 7) is 0. The molecule has 110 valence electrons. The first-order valence-electron chi connectivity index (χ1n) is 7.94. The molecule has 1 fully saturated rings. The van der Waals surface area contributed by atoms with Crippen molar-refractivity contribution in [2.75, 3.05) is 0 Å². The van der Waals surface area contributed by atoms with Crippen molar-refractivity contribution < 1.29 is 4.52 Å². The van der Waals surface area contributed by atoms with Crippen LogP contribution in [0.2, 0.25) is 0 Å². The van der Waals surface area contributed by atoms with E-state index in [0.717, 1.165) is 44.4 Å². The van der Waals surface area contributed by atoms with Gasteiger partial charge in [-0.2, -0.15) is 4.98 Å². The van der Waals surface area contributed by atoms with E-state index in [0.29, 0.717) is 11.7 Å². The van der Waals surface area contributed by atoms with Gasteiger partial charge in [0.2, 0.25) is 5.89 Å². The van der Waals surface area contributed by atoms with Crippen molar-refractivity contribution in [2.45, 2.75) is 56.4 Å². The zero-order valence-corrected chi connectivity index (χ0v) is 12.2. The lowest BCUT2D eigenvalue weighted by Gasteiger charge is -2.29. The van der Waals surface area contributed by atoms with Gasteiger partial charge in [0, 0.05) is 5.92 Å². The Bertz CT molecular complexity index is 618. The summed E-state index contributed by atoms with van der Waals surface area (Å²) < 4.78 is 5.56. The van der Waals surface area contributed by atoms with Gasteiger partial charge in [0.1, 0.15) is 0 Å². The zero-order chi connectivity index (χ0) is 14.3. The van der Waals surface area contributed by atoms with Crippen molar-refractivity contribution in [3.63, 3.8) is 0 Å².